The van der Waals surface area contributed by atoms with Crippen molar-refractivity contribution in [2.24, 2.45) is 0 Å². The number of sulfonamides is 1. The first-order valence-corrected chi connectivity index (χ1v) is 9.38. The highest BCUT2D eigenvalue weighted by Crippen LogP contribution is 2.26. The molecule has 5 nitrogen and oxygen atoms in total. The van der Waals surface area contributed by atoms with Crippen LogP contribution in [0, 0.1) is 0 Å². The van der Waals surface area contributed by atoms with Gasteiger partial charge in [-0.05, 0) is 32.5 Å². The van der Waals surface area contributed by atoms with Crippen LogP contribution in [-0.2, 0) is 16.4 Å². The predicted octanol–water partition coefficient (Wildman–Crippen LogP) is 2.85. The van der Waals surface area contributed by atoms with Crippen LogP contribution >= 0.6 is 22.7 Å². The van der Waals surface area contributed by atoms with Gasteiger partial charge in [-0.3, -0.25) is 4.72 Å². The largest absolute Gasteiger partial charge is 0.312 e. The summed E-state index contributed by atoms with van der Waals surface area (Å²) in [6, 6.07) is 3.57. The van der Waals surface area contributed by atoms with Gasteiger partial charge in [0.2, 0.25) is 0 Å². The highest BCUT2D eigenvalue weighted by atomic mass is 32.2. The van der Waals surface area contributed by atoms with Crippen molar-refractivity contribution in [1.29, 1.82) is 0 Å². The number of thiazole rings is 1. The molecule has 8 heteroatoms. The van der Waals surface area contributed by atoms with E-state index in [1.807, 2.05) is 32.3 Å². The number of thiophene rings is 1. The molecule has 0 saturated heterocycles. The second-order valence-corrected chi connectivity index (χ2v) is 8.20. The van der Waals surface area contributed by atoms with Crippen molar-refractivity contribution in [3.05, 3.63) is 28.1 Å². The van der Waals surface area contributed by atoms with E-state index in [2.05, 4.69) is 15.0 Å². The van der Waals surface area contributed by atoms with Gasteiger partial charge < -0.3 is 5.32 Å². The Labute approximate surface area is 127 Å². The summed E-state index contributed by atoms with van der Waals surface area (Å²) >= 11 is 2.58. The Hall–Kier alpha value is -0.960. The van der Waals surface area contributed by atoms with Crippen molar-refractivity contribution < 1.29 is 8.42 Å². The first-order chi connectivity index (χ1) is 9.46. The summed E-state index contributed by atoms with van der Waals surface area (Å²) in [5.74, 6) is 0. The van der Waals surface area contributed by atoms with Gasteiger partial charge in [0.1, 0.15) is 4.21 Å². The SMILES string of the molecule is CCc1ccc(S(=O)(=O)Nc2nc(C(C)NC)cs2)s1. The minimum Gasteiger partial charge on any atom is -0.312 e. The van der Waals surface area contributed by atoms with E-state index in [0.717, 1.165) is 17.0 Å². The molecule has 0 aliphatic carbocycles. The number of aromatic nitrogens is 1. The maximum Gasteiger partial charge on any atom is 0.273 e. The number of hydrogen-bond donors (Lipinski definition) is 2. The number of hydrogen-bond acceptors (Lipinski definition) is 6. The van der Waals surface area contributed by atoms with E-state index >= 15 is 0 Å². The average Bonchev–Trinajstić information content (AvgIpc) is 3.06. The van der Waals surface area contributed by atoms with Crippen molar-refractivity contribution >= 4 is 37.8 Å². The third-order valence-electron chi connectivity index (χ3n) is 2.87. The zero-order chi connectivity index (χ0) is 14.8. The molecule has 0 saturated carbocycles. The molecule has 0 radical (unpaired) electrons. The van der Waals surface area contributed by atoms with Gasteiger partial charge in [-0.15, -0.1) is 22.7 Å². The molecule has 0 aliphatic heterocycles. The van der Waals surface area contributed by atoms with Crippen LogP contribution in [-0.4, -0.2) is 20.4 Å². The Morgan fingerprint density at radius 3 is 2.75 bits per heavy atom. The predicted molar refractivity (Wildman–Crippen MR) is 84.1 cm³/mol. The lowest BCUT2D eigenvalue weighted by molar-refractivity contribution is 0.603. The molecule has 2 aromatic rings. The highest BCUT2D eigenvalue weighted by molar-refractivity contribution is 7.94. The summed E-state index contributed by atoms with van der Waals surface area (Å²) in [7, 11) is -1.69. The molecular formula is C12H17N3O2S3. The fourth-order valence-electron chi connectivity index (χ4n) is 1.54. The van der Waals surface area contributed by atoms with Gasteiger partial charge in [0.15, 0.2) is 5.13 Å². The molecule has 2 heterocycles. The van der Waals surface area contributed by atoms with Gasteiger partial charge in [0.05, 0.1) is 5.69 Å². The zero-order valence-corrected chi connectivity index (χ0v) is 14.0. The number of nitrogens with one attached hydrogen (secondary N) is 2. The van der Waals surface area contributed by atoms with Crippen molar-refractivity contribution in [2.75, 3.05) is 11.8 Å². The number of nitrogens with zero attached hydrogens (tertiary/aromatic N) is 1. The summed E-state index contributed by atoms with van der Waals surface area (Å²) in [4.78, 5) is 5.34. The fraction of sp³-hybridized carbons (Fsp3) is 0.417. The molecule has 0 aliphatic rings. The monoisotopic (exact) mass is 331 g/mol. The molecule has 2 rings (SSSR count). The van der Waals surface area contributed by atoms with Crippen LogP contribution in [0.1, 0.15) is 30.5 Å². The van der Waals surface area contributed by atoms with E-state index in [4.69, 9.17) is 0 Å². The van der Waals surface area contributed by atoms with E-state index in [-0.39, 0.29) is 6.04 Å². The first kappa shape index (κ1) is 15.4. The molecule has 0 spiro atoms. The number of aryl methyl sites for hydroxylation is 1. The quantitative estimate of drug-likeness (QED) is 0.854. The summed E-state index contributed by atoms with van der Waals surface area (Å²) < 4.78 is 27.3. The Bertz CT molecular complexity index is 676. The average molecular weight is 331 g/mol. The molecule has 0 amide bonds. The first-order valence-electron chi connectivity index (χ1n) is 6.20. The molecule has 110 valence electrons. The smallest absolute Gasteiger partial charge is 0.273 e. The standard InChI is InChI=1S/C12H17N3O2S3/c1-4-9-5-6-11(19-9)20(16,17)15-12-14-10(7-18-12)8(2)13-3/h5-8,13H,4H2,1-3H3,(H,14,15). The van der Waals surface area contributed by atoms with Crippen LogP contribution in [0.15, 0.2) is 21.7 Å². The Balaban J connectivity index is 2.17. The van der Waals surface area contributed by atoms with Crippen LogP contribution in [0.3, 0.4) is 0 Å². The maximum absolute atomic E-state index is 12.2. The van der Waals surface area contributed by atoms with E-state index in [0.29, 0.717) is 9.34 Å². The number of anilines is 1. The van der Waals surface area contributed by atoms with E-state index < -0.39 is 10.0 Å². The zero-order valence-electron chi connectivity index (χ0n) is 11.5. The van der Waals surface area contributed by atoms with Crippen molar-refractivity contribution in [3.63, 3.8) is 0 Å². The maximum atomic E-state index is 12.2. The lowest BCUT2D eigenvalue weighted by Gasteiger charge is -2.05. The topological polar surface area (TPSA) is 71.1 Å². The van der Waals surface area contributed by atoms with Gasteiger partial charge in [0, 0.05) is 16.3 Å². The molecule has 0 aromatic carbocycles. The van der Waals surface area contributed by atoms with Crippen molar-refractivity contribution in [2.45, 2.75) is 30.5 Å². The second kappa shape index (κ2) is 6.21. The highest BCUT2D eigenvalue weighted by Gasteiger charge is 2.19. The second-order valence-electron chi connectivity index (χ2n) is 4.27. The van der Waals surface area contributed by atoms with Crippen molar-refractivity contribution in [3.8, 4) is 0 Å². The Morgan fingerprint density at radius 1 is 1.40 bits per heavy atom. The van der Waals surface area contributed by atoms with Crippen LogP contribution in [0.2, 0.25) is 0 Å². The van der Waals surface area contributed by atoms with Crippen molar-refractivity contribution in [1.82, 2.24) is 10.3 Å². The van der Waals surface area contributed by atoms with Gasteiger partial charge in [-0.1, -0.05) is 6.92 Å². The van der Waals surface area contributed by atoms with Gasteiger partial charge in [-0.2, -0.15) is 0 Å². The summed E-state index contributed by atoms with van der Waals surface area (Å²) in [6.45, 7) is 3.97. The number of rotatable bonds is 6. The Kier molecular flexibility index (Phi) is 4.79. The molecule has 1 unspecified atom stereocenters. The van der Waals surface area contributed by atoms with E-state index in [1.54, 1.807) is 6.07 Å². The molecule has 2 N–H and O–H groups in total. The Morgan fingerprint density at radius 2 is 2.15 bits per heavy atom. The molecular weight excluding hydrogens is 314 g/mol. The fourth-order valence-corrected chi connectivity index (χ4v) is 4.89. The van der Waals surface area contributed by atoms with Gasteiger partial charge in [-0.25, -0.2) is 13.4 Å². The van der Waals surface area contributed by atoms with E-state index in [1.165, 1.54) is 22.7 Å². The van der Waals surface area contributed by atoms with Crippen LogP contribution < -0.4 is 10.0 Å². The normalized spacial score (nSPS) is 13.3. The molecule has 0 fully saturated rings. The minimum absolute atomic E-state index is 0.0953. The molecule has 1 atom stereocenters. The lowest BCUT2D eigenvalue weighted by Crippen LogP contribution is -2.14. The third-order valence-corrected chi connectivity index (χ3v) is 6.84. The summed E-state index contributed by atoms with van der Waals surface area (Å²) in [5.41, 5.74) is 0.829. The summed E-state index contributed by atoms with van der Waals surface area (Å²) in [6.07, 6.45) is 0.835. The van der Waals surface area contributed by atoms with Crippen LogP contribution in [0.25, 0.3) is 0 Å². The molecule has 2 aromatic heterocycles. The summed E-state index contributed by atoms with van der Waals surface area (Å²) in [5, 5.41) is 5.32. The van der Waals surface area contributed by atoms with E-state index in [9.17, 15) is 8.42 Å². The lowest BCUT2D eigenvalue weighted by atomic mass is 10.3. The van der Waals surface area contributed by atoms with Crippen LogP contribution in [0.5, 0.6) is 0 Å². The minimum atomic E-state index is -3.53. The molecule has 0 bridgehead atoms. The van der Waals surface area contributed by atoms with Gasteiger partial charge >= 0.3 is 0 Å². The van der Waals surface area contributed by atoms with Gasteiger partial charge in [0.25, 0.3) is 10.0 Å². The van der Waals surface area contributed by atoms with Crippen LogP contribution in [0.4, 0.5) is 5.13 Å². The molecule has 20 heavy (non-hydrogen) atoms. The third kappa shape index (κ3) is 3.38.